The molecule has 0 aliphatic carbocycles. The van der Waals surface area contributed by atoms with E-state index in [4.69, 9.17) is 5.73 Å². The van der Waals surface area contributed by atoms with Crippen molar-refractivity contribution in [1.82, 2.24) is 4.72 Å². The summed E-state index contributed by atoms with van der Waals surface area (Å²) in [6.07, 6.45) is 1.53. The lowest BCUT2D eigenvalue weighted by atomic mass is 10.2. The van der Waals surface area contributed by atoms with E-state index in [1.807, 2.05) is 13.8 Å². The molecule has 5 heteroatoms. The van der Waals surface area contributed by atoms with Gasteiger partial charge < -0.3 is 5.73 Å². The van der Waals surface area contributed by atoms with Crippen LogP contribution in [0.15, 0.2) is 29.2 Å². The van der Waals surface area contributed by atoms with Crippen molar-refractivity contribution < 1.29 is 8.42 Å². The van der Waals surface area contributed by atoms with Gasteiger partial charge in [0.05, 0.1) is 4.90 Å². The van der Waals surface area contributed by atoms with Crippen LogP contribution in [0, 0.1) is 0 Å². The molecule has 96 valence electrons. The smallest absolute Gasteiger partial charge is 0.240 e. The third kappa shape index (κ3) is 4.11. The minimum absolute atomic E-state index is 0.0521. The molecular weight excluding hydrogens is 236 g/mol. The Balaban J connectivity index is 2.85. The lowest BCUT2D eigenvalue weighted by Crippen LogP contribution is -2.31. The van der Waals surface area contributed by atoms with Gasteiger partial charge in [-0.05, 0) is 44.0 Å². The molecule has 0 amide bonds. The molecule has 4 nitrogen and oxygen atoms in total. The molecule has 1 rings (SSSR count). The van der Waals surface area contributed by atoms with Crippen molar-refractivity contribution in [1.29, 1.82) is 0 Å². The molecule has 1 atom stereocenters. The molecular formula is C12H20N2O2S. The van der Waals surface area contributed by atoms with Gasteiger partial charge >= 0.3 is 0 Å². The predicted octanol–water partition coefficient (Wildman–Crippen LogP) is 1.26. The normalized spacial score (nSPS) is 13.6. The largest absolute Gasteiger partial charge is 0.330 e. The molecule has 0 bridgehead atoms. The van der Waals surface area contributed by atoms with Crippen molar-refractivity contribution in [3.8, 4) is 0 Å². The summed E-state index contributed by atoms with van der Waals surface area (Å²) < 4.78 is 26.5. The summed E-state index contributed by atoms with van der Waals surface area (Å²) in [5.41, 5.74) is 6.49. The molecule has 0 aromatic heterocycles. The maximum absolute atomic E-state index is 11.9. The van der Waals surface area contributed by atoms with Crippen LogP contribution >= 0.6 is 0 Å². The molecule has 3 N–H and O–H groups in total. The van der Waals surface area contributed by atoms with Gasteiger partial charge in [0.2, 0.25) is 10.0 Å². The van der Waals surface area contributed by atoms with E-state index in [0.717, 1.165) is 18.4 Å². The zero-order valence-corrected chi connectivity index (χ0v) is 11.1. The van der Waals surface area contributed by atoms with E-state index in [2.05, 4.69) is 4.72 Å². The summed E-state index contributed by atoms with van der Waals surface area (Å²) in [5, 5.41) is 0. The lowest BCUT2D eigenvalue weighted by Gasteiger charge is -2.12. The Morgan fingerprint density at radius 3 is 2.35 bits per heavy atom. The second-order valence-corrected chi connectivity index (χ2v) is 5.83. The third-order valence-corrected chi connectivity index (χ3v) is 4.24. The number of benzene rings is 1. The van der Waals surface area contributed by atoms with E-state index < -0.39 is 10.0 Å². The minimum Gasteiger partial charge on any atom is -0.330 e. The highest BCUT2D eigenvalue weighted by Gasteiger charge is 2.15. The molecule has 1 aromatic rings. The van der Waals surface area contributed by atoms with Crippen LogP contribution in [0.5, 0.6) is 0 Å². The maximum atomic E-state index is 11.9. The average molecular weight is 256 g/mol. The molecule has 1 unspecified atom stereocenters. The van der Waals surface area contributed by atoms with Crippen LogP contribution in [0.25, 0.3) is 0 Å². The fourth-order valence-electron chi connectivity index (χ4n) is 1.42. The van der Waals surface area contributed by atoms with Gasteiger partial charge in [-0.1, -0.05) is 19.1 Å². The third-order valence-electron chi connectivity index (χ3n) is 2.64. The average Bonchev–Trinajstić information content (AvgIpc) is 2.29. The first-order valence-corrected chi connectivity index (χ1v) is 7.29. The minimum atomic E-state index is -3.38. The lowest BCUT2D eigenvalue weighted by molar-refractivity contribution is 0.556. The molecule has 0 saturated heterocycles. The standard InChI is InChI=1S/C12H20N2O2S/c1-3-10(2)14-17(15,16)12-6-4-11(5-7-12)8-9-13/h4-7,10,14H,3,8-9,13H2,1-2H3. The Labute approximate surface area is 103 Å². The SMILES string of the molecule is CCC(C)NS(=O)(=O)c1ccc(CCN)cc1. The first-order valence-electron chi connectivity index (χ1n) is 5.81. The summed E-state index contributed by atoms with van der Waals surface area (Å²) in [6.45, 7) is 4.36. The molecule has 0 spiro atoms. The first-order chi connectivity index (χ1) is 7.99. The van der Waals surface area contributed by atoms with E-state index in [1.54, 1.807) is 24.3 Å². The molecule has 0 aliphatic heterocycles. The highest BCUT2D eigenvalue weighted by Crippen LogP contribution is 2.11. The van der Waals surface area contributed by atoms with Gasteiger partial charge in [-0.15, -0.1) is 0 Å². The predicted molar refractivity (Wildman–Crippen MR) is 69.3 cm³/mol. The van der Waals surface area contributed by atoms with E-state index >= 15 is 0 Å². The number of hydrogen-bond donors (Lipinski definition) is 2. The first kappa shape index (κ1) is 14.2. The van der Waals surface area contributed by atoms with E-state index in [0.29, 0.717) is 11.4 Å². The number of rotatable bonds is 6. The second kappa shape index (κ2) is 6.14. The van der Waals surface area contributed by atoms with Crippen LogP contribution in [-0.2, 0) is 16.4 Å². The van der Waals surface area contributed by atoms with Gasteiger partial charge in [0.15, 0.2) is 0 Å². The molecule has 0 fully saturated rings. The monoisotopic (exact) mass is 256 g/mol. The molecule has 0 heterocycles. The quantitative estimate of drug-likeness (QED) is 0.805. The molecule has 0 radical (unpaired) electrons. The summed E-state index contributed by atoms with van der Waals surface area (Å²) in [4.78, 5) is 0.304. The molecule has 0 saturated carbocycles. The van der Waals surface area contributed by atoms with Crippen LogP contribution in [0.2, 0.25) is 0 Å². The maximum Gasteiger partial charge on any atom is 0.240 e. The van der Waals surface area contributed by atoms with Crippen molar-refractivity contribution >= 4 is 10.0 Å². The Bertz CT molecular complexity index is 440. The van der Waals surface area contributed by atoms with Gasteiger partial charge in [-0.3, -0.25) is 0 Å². The summed E-state index contributed by atoms with van der Waals surface area (Å²) in [7, 11) is -3.38. The summed E-state index contributed by atoms with van der Waals surface area (Å²) in [5.74, 6) is 0. The van der Waals surface area contributed by atoms with Gasteiger partial charge in [0, 0.05) is 6.04 Å². The van der Waals surface area contributed by atoms with Gasteiger partial charge in [0.25, 0.3) is 0 Å². The molecule has 17 heavy (non-hydrogen) atoms. The Morgan fingerprint density at radius 2 is 1.88 bits per heavy atom. The summed E-state index contributed by atoms with van der Waals surface area (Å²) in [6, 6.07) is 6.80. The van der Waals surface area contributed by atoms with Crippen molar-refractivity contribution in [2.24, 2.45) is 5.73 Å². The van der Waals surface area contributed by atoms with Crippen LogP contribution in [0.4, 0.5) is 0 Å². The van der Waals surface area contributed by atoms with Gasteiger partial charge in [0.1, 0.15) is 0 Å². The zero-order valence-electron chi connectivity index (χ0n) is 10.3. The summed E-state index contributed by atoms with van der Waals surface area (Å²) >= 11 is 0. The van der Waals surface area contributed by atoms with Crippen LogP contribution in [0.3, 0.4) is 0 Å². The highest BCUT2D eigenvalue weighted by atomic mass is 32.2. The topological polar surface area (TPSA) is 72.2 Å². The van der Waals surface area contributed by atoms with Crippen LogP contribution < -0.4 is 10.5 Å². The zero-order chi connectivity index (χ0) is 12.9. The molecule has 1 aromatic carbocycles. The van der Waals surface area contributed by atoms with E-state index in [-0.39, 0.29) is 6.04 Å². The van der Waals surface area contributed by atoms with Crippen LogP contribution in [-0.4, -0.2) is 21.0 Å². The second-order valence-electron chi connectivity index (χ2n) is 4.11. The van der Waals surface area contributed by atoms with Crippen molar-refractivity contribution in [3.63, 3.8) is 0 Å². The molecule has 0 aliphatic rings. The fourth-order valence-corrected chi connectivity index (χ4v) is 2.75. The number of hydrogen-bond acceptors (Lipinski definition) is 3. The highest BCUT2D eigenvalue weighted by molar-refractivity contribution is 7.89. The number of nitrogens with one attached hydrogen (secondary N) is 1. The van der Waals surface area contributed by atoms with E-state index in [1.165, 1.54) is 0 Å². The van der Waals surface area contributed by atoms with Crippen molar-refractivity contribution in [2.45, 2.75) is 37.6 Å². The fraction of sp³-hybridized carbons (Fsp3) is 0.500. The van der Waals surface area contributed by atoms with Crippen molar-refractivity contribution in [3.05, 3.63) is 29.8 Å². The Morgan fingerprint density at radius 1 is 1.29 bits per heavy atom. The van der Waals surface area contributed by atoms with Crippen LogP contribution in [0.1, 0.15) is 25.8 Å². The number of sulfonamides is 1. The van der Waals surface area contributed by atoms with Gasteiger partial charge in [-0.25, -0.2) is 13.1 Å². The van der Waals surface area contributed by atoms with E-state index in [9.17, 15) is 8.42 Å². The van der Waals surface area contributed by atoms with Crippen molar-refractivity contribution in [2.75, 3.05) is 6.54 Å². The number of nitrogens with two attached hydrogens (primary N) is 1. The Hall–Kier alpha value is -0.910. The van der Waals surface area contributed by atoms with Gasteiger partial charge in [-0.2, -0.15) is 0 Å². The Kier molecular flexibility index (Phi) is 5.11.